The van der Waals surface area contributed by atoms with Gasteiger partial charge in [0.05, 0.1) is 5.69 Å². The zero-order valence-corrected chi connectivity index (χ0v) is 12.5. The molecule has 0 unspecified atom stereocenters. The number of aryl methyl sites for hydroxylation is 3. The molecule has 3 aromatic heterocycles. The summed E-state index contributed by atoms with van der Waals surface area (Å²) in [6.07, 6.45) is 4.87. The lowest BCUT2D eigenvalue weighted by molar-refractivity contribution is 0.633. The van der Waals surface area contributed by atoms with Gasteiger partial charge in [-0.15, -0.1) is 0 Å². The van der Waals surface area contributed by atoms with E-state index >= 15 is 0 Å². The summed E-state index contributed by atoms with van der Waals surface area (Å²) in [5, 5.41) is 5.81. The van der Waals surface area contributed by atoms with Gasteiger partial charge in [0.1, 0.15) is 5.65 Å². The second-order valence-corrected chi connectivity index (χ2v) is 5.36. The first-order chi connectivity index (χ1) is 9.60. The number of nitrogens with zero attached hydrogens (tertiary/aromatic N) is 3. The summed E-state index contributed by atoms with van der Waals surface area (Å²) in [4.78, 5) is 7.69. The summed E-state index contributed by atoms with van der Waals surface area (Å²) in [5.74, 6) is 0. The fourth-order valence-electron chi connectivity index (χ4n) is 2.80. The smallest absolute Gasteiger partial charge is 0.137 e. The van der Waals surface area contributed by atoms with E-state index in [0.717, 1.165) is 24.3 Å². The number of pyridine rings is 1. The van der Waals surface area contributed by atoms with Gasteiger partial charge in [0.25, 0.3) is 0 Å². The summed E-state index contributed by atoms with van der Waals surface area (Å²) in [5.41, 5.74) is 7.16. The monoisotopic (exact) mass is 268 g/mol. The Kier molecular flexibility index (Phi) is 3.08. The van der Waals surface area contributed by atoms with Crippen LogP contribution in [0.2, 0.25) is 0 Å². The highest BCUT2D eigenvalue weighted by Gasteiger charge is 2.13. The van der Waals surface area contributed by atoms with E-state index in [0.29, 0.717) is 0 Å². The van der Waals surface area contributed by atoms with Crippen molar-refractivity contribution in [1.82, 2.24) is 19.7 Å². The van der Waals surface area contributed by atoms with Crippen LogP contribution in [-0.4, -0.2) is 19.7 Å². The number of fused-ring (bicyclic) bond motifs is 1. The maximum atomic E-state index is 4.60. The molecule has 3 heterocycles. The predicted octanol–water partition coefficient (Wildman–Crippen LogP) is 3.30. The van der Waals surface area contributed by atoms with Crippen molar-refractivity contribution in [3.63, 3.8) is 0 Å². The predicted molar refractivity (Wildman–Crippen MR) is 81.0 cm³/mol. The van der Waals surface area contributed by atoms with Crippen LogP contribution in [0, 0.1) is 20.8 Å². The lowest BCUT2D eigenvalue weighted by atomic mass is 10.0. The number of aromatic nitrogens is 4. The zero-order chi connectivity index (χ0) is 14.3. The molecule has 0 aliphatic rings. The van der Waals surface area contributed by atoms with Gasteiger partial charge in [-0.1, -0.05) is 0 Å². The summed E-state index contributed by atoms with van der Waals surface area (Å²) >= 11 is 0. The second-order valence-electron chi connectivity index (χ2n) is 5.36. The molecule has 0 atom stereocenters. The van der Waals surface area contributed by atoms with Gasteiger partial charge in [0.2, 0.25) is 0 Å². The first-order valence-corrected chi connectivity index (χ1v) is 7.05. The lowest BCUT2D eigenvalue weighted by Crippen LogP contribution is -1.99. The summed E-state index contributed by atoms with van der Waals surface area (Å²) in [6.45, 7) is 9.36. The van der Waals surface area contributed by atoms with Crippen LogP contribution in [0.3, 0.4) is 0 Å². The molecule has 104 valence electrons. The normalized spacial score (nSPS) is 11.4. The molecular weight excluding hydrogens is 248 g/mol. The molecule has 0 saturated carbocycles. The minimum Gasteiger partial charge on any atom is -0.346 e. The highest BCUT2D eigenvalue weighted by molar-refractivity contribution is 5.80. The molecule has 3 rings (SSSR count). The minimum atomic E-state index is 0.906. The van der Waals surface area contributed by atoms with Crippen molar-refractivity contribution < 1.29 is 0 Å². The molecule has 0 amide bonds. The number of rotatable bonds is 3. The van der Waals surface area contributed by atoms with E-state index in [4.69, 9.17) is 0 Å². The molecule has 0 aliphatic carbocycles. The van der Waals surface area contributed by atoms with Crippen LogP contribution in [0.15, 0.2) is 18.5 Å². The van der Waals surface area contributed by atoms with Crippen LogP contribution in [0.1, 0.15) is 35.0 Å². The Balaban J connectivity index is 2.05. The molecule has 0 spiro atoms. The van der Waals surface area contributed by atoms with Crippen molar-refractivity contribution in [2.45, 2.75) is 40.7 Å². The Bertz CT molecular complexity index is 764. The molecule has 0 aromatic carbocycles. The van der Waals surface area contributed by atoms with Crippen LogP contribution in [-0.2, 0) is 13.0 Å². The molecule has 0 saturated heterocycles. The van der Waals surface area contributed by atoms with Gasteiger partial charge < -0.3 is 4.98 Å². The highest BCUT2D eigenvalue weighted by Crippen LogP contribution is 2.23. The van der Waals surface area contributed by atoms with Crippen LogP contribution in [0.5, 0.6) is 0 Å². The number of nitrogens with one attached hydrogen (secondary N) is 1. The van der Waals surface area contributed by atoms with Gasteiger partial charge >= 0.3 is 0 Å². The third-order valence-corrected chi connectivity index (χ3v) is 3.95. The van der Waals surface area contributed by atoms with E-state index in [-0.39, 0.29) is 0 Å². The molecule has 4 nitrogen and oxygen atoms in total. The van der Waals surface area contributed by atoms with Crippen molar-refractivity contribution in [3.05, 3.63) is 46.5 Å². The number of hydrogen-bond acceptors (Lipinski definition) is 2. The summed E-state index contributed by atoms with van der Waals surface area (Å²) in [7, 11) is 0. The Morgan fingerprint density at radius 2 is 2.05 bits per heavy atom. The molecule has 0 bridgehead atoms. The highest BCUT2D eigenvalue weighted by atomic mass is 15.3. The van der Waals surface area contributed by atoms with Crippen LogP contribution in [0.25, 0.3) is 11.0 Å². The van der Waals surface area contributed by atoms with Crippen molar-refractivity contribution in [1.29, 1.82) is 0 Å². The summed E-state index contributed by atoms with van der Waals surface area (Å²) in [6, 6.07) is 2.20. The van der Waals surface area contributed by atoms with Crippen LogP contribution < -0.4 is 0 Å². The largest absolute Gasteiger partial charge is 0.346 e. The van der Waals surface area contributed by atoms with Gasteiger partial charge in [-0.3, -0.25) is 4.68 Å². The fraction of sp³-hybridized carbons (Fsp3) is 0.375. The molecule has 0 aliphatic heterocycles. The molecule has 20 heavy (non-hydrogen) atoms. The van der Waals surface area contributed by atoms with E-state index in [1.807, 2.05) is 6.20 Å². The molecule has 4 heteroatoms. The van der Waals surface area contributed by atoms with Gasteiger partial charge in [0, 0.05) is 42.0 Å². The van der Waals surface area contributed by atoms with Gasteiger partial charge in [-0.25, -0.2) is 4.98 Å². The third-order valence-electron chi connectivity index (χ3n) is 3.95. The van der Waals surface area contributed by atoms with Crippen molar-refractivity contribution in [3.8, 4) is 0 Å². The number of H-pyrrole nitrogens is 1. The van der Waals surface area contributed by atoms with Gasteiger partial charge in [-0.05, 0) is 44.9 Å². The Labute approximate surface area is 118 Å². The quantitative estimate of drug-likeness (QED) is 0.792. The third kappa shape index (κ3) is 2.01. The molecule has 0 fully saturated rings. The fourth-order valence-corrected chi connectivity index (χ4v) is 2.80. The Hall–Kier alpha value is -2.10. The number of aromatic amines is 1. The summed E-state index contributed by atoms with van der Waals surface area (Å²) < 4.78 is 2.07. The van der Waals surface area contributed by atoms with Crippen LogP contribution in [0.4, 0.5) is 0 Å². The van der Waals surface area contributed by atoms with E-state index in [9.17, 15) is 0 Å². The average molecular weight is 268 g/mol. The molecule has 1 N–H and O–H groups in total. The number of hydrogen-bond donors (Lipinski definition) is 1. The molecule has 0 radical (unpaired) electrons. The average Bonchev–Trinajstić information content (AvgIpc) is 2.94. The van der Waals surface area contributed by atoms with E-state index in [2.05, 4.69) is 59.7 Å². The van der Waals surface area contributed by atoms with Gasteiger partial charge in [0.15, 0.2) is 0 Å². The molecule has 3 aromatic rings. The first kappa shape index (κ1) is 12.9. The van der Waals surface area contributed by atoms with Gasteiger partial charge in [-0.2, -0.15) is 5.10 Å². The van der Waals surface area contributed by atoms with Crippen molar-refractivity contribution >= 4 is 11.0 Å². The lowest BCUT2D eigenvalue weighted by Gasteiger charge is -2.03. The van der Waals surface area contributed by atoms with E-state index < -0.39 is 0 Å². The Morgan fingerprint density at radius 3 is 2.75 bits per heavy atom. The van der Waals surface area contributed by atoms with Crippen molar-refractivity contribution in [2.75, 3.05) is 0 Å². The minimum absolute atomic E-state index is 0.906. The maximum absolute atomic E-state index is 4.60. The topological polar surface area (TPSA) is 46.5 Å². The Morgan fingerprint density at radius 1 is 1.25 bits per heavy atom. The van der Waals surface area contributed by atoms with E-state index in [1.54, 1.807) is 0 Å². The second kappa shape index (κ2) is 4.78. The standard InChI is InChI=1S/C16H20N4/c1-5-20-12(4)14(11(3)19-20)7-13-9-18-16-15(13)6-10(2)8-17-16/h6,8-9H,5,7H2,1-4H3,(H,17,18). The maximum Gasteiger partial charge on any atom is 0.137 e. The zero-order valence-electron chi connectivity index (χ0n) is 12.5. The van der Waals surface area contributed by atoms with Crippen LogP contribution >= 0.6 is 0 Å². The van der Waals surface area contributed by atoms with Crippen molar-refractivity contribution in [2.24, 2.45) is 0 Å². The molecular formula is C16H20N4. The first-order valence-electron chi connectivity index (χ1n) is 7.05. The SMILES string of the molecule is CCn1nc(C)c(Cc2c[nH]c3ncc(C)cc23)c1C. The van der Waals surface area contributed by atoms with E-state index in [1.165, 1.54) is 27.8 Å².